The molecule has 0 saturated heterocycles. The second-order valence-electron chi connectivity index (χ2n) is 5.39. The molecule has 0 aromatic rings. The molecule has 1 saturated carbocycles. The highest BCUT2D eigenvalue weighted by molar-refractivity contribution is 6.61. The van der Waals surface area contributed by atoms with Crippen LogP contribution in [0.1, 0.15) is 47.0 Å². The molecule has 1 rings (SSSR count). The van der Waals surface area contributed by atoms with Crippen LogP contribution in [-0.4, -0.2) is 21.8 Å². The molecule has 0 aliphatic heterocycles. The molecule has 0 bridgehead atoms. The van der Waals surface area contributed by atoms with Gasteiger partial charge in [-0.3, -0.25) is 4.79 Å². The van der Waals surface area contributed by atoms with Gasteiger partial charge in [0.2, 0.25) is 4.33 Å². The molecule has 94 valence electrons. The van der Waals surface area contributed by atoms with Crippen LogP contribution >= 0.6 is 23.2 Å². The third kappa shape index (κ3) is 2.91. The van der Waals surface area contributed by atoms with Gasteiger partial charge in [0.05, 0.1) is 11.5 Å². The van der Waals surface area contributed by atoms with Crippen molar-refractivity contribution >= 4 is 29.0 Å². The first-order valence-corrected chi connectivity index (χ1v) is 6.55. The SMILES string of the molecule is CCCC[C@H]1C(=O)C(Cl)(Cl)[C@H]1OC(C)(C)C. The average Bonchev–Trinajstić information content (AvgIpc) is 2.15. The zero-order valence-electron chi connectivity index (χ0n) is 10.3. The van der Waals surface area contributed by atoms with Crippen LogP contribution < -0.4 is 0 Å². The van der Waals surface area contributed by atoms with E-state index in [0.717, 1.165) is 19.3 Å². The highest BCUT2D eigenvalue weighted by Crippen LogP contribution is 2.48. The van der Waals surface area contributed by atoms with E-state index in [4.69, 9.17) is 27.9 Å². The van der Waals surface area contributed by atoms with Crippen LogP contribution in [0.4, 0.5) is 0 Å². The van der Waals surface area contributed by atoms with Crippen LogP contribution in [0.3, 0.4) is 0 Å². The van der Waals surface area contributed by atoms with Crippen LogP contribution in [0.15, 0.2) is 0 Å². The Morgan fingerprint density at radius 2 is 1.94 bits per heavy atom. The largest absolute Gasteiger partial charge is 0.368 e. The normalized spacial score (nSPS) is 29.0. The van der Waals surface area contributed by atoms with Gasteiger partial charge in [-0.25, -0.2) is 0 Å². The van der Waals surface area contributed by atoms with Gasteiger partial charge in [0.1, 0.15) is 6.10 Å². The number of ether oxygens (including phenoxy) is 1. The van der Waals surface area contributed by atoms with E-state index in [1.807, 2.05) is 20.8 Å². The number of halogens is 2. The van der Waals surface area contributed by atoms with Crippen molar-refractivity contribution in [1.29, 1.82) is 0 Å². The monoisotopic (exact) mass is 266 g/mol. The van der Waals surface area contributed by atoms with Gasteiger partial charge >= 0.3 is 0 Å². The molecule has 1 aliphatic carbocycles. The zero-order chi connectivity index (χ0) is 12.6. The topological polar surface area (TPSA) is 26.3 Å². The summed E-state index contributed by atoms with van der Waals surface area (Å²) in [7, 11) is 0. The predicted molar refractivity (Wildman–Crippen MR) is 67.1 cm³/mol. The number of carbonyl (C=O) groups is 1. The minimum atomic E-state index is -1.34. The van der Waals surface area contributed by atoms with Gasteiger partial charge in [-0.2, -0.15) is 0 Å². The number of rotatable bonds is 4. The molecule has 0 aromatic heterocycles. The molecule has 0 unspecified atom stereocenters. The lowest BCUT2D eigenvalue weighted by molar-refractivity contribution is -0.163. The highest BCUT2D eigenvalue weighted by Gasteiger charge is 2.61. The zero-order valence-corrected chi connectivity index (χ0v) is 11.9. The van der Waals surface area contributed by atoms with Gasteiger partial charge in [-0.1, -0.05) is 43.0 Å². The average molecular weight is 267 g/mol. The molecule has 0 aromatic carbocycles. The first-order chi connectivity index (χ1) is 7.20. The van der Waals surface area contributed by atoms with Crippen molar-refractivity contribution in [1.82, 2.24) is 0 Å². The summed E-state index contributed by atoms with van der Waals surface area (Å²) in [4.78, 5) is 11.7. The summed E-state index contributed by atoms with van der Waals surface area (Å²) >= 11 is 12.0. The van der Waals surface area contributed by atoms with Crippen molar-refractivity contribution in [3.63, 3.8) is 0 Å². The number of alkyl halides is 2. The lowest BCUT2D eigenvalue weighted by Crippen LogP contribution is -2.63. The van der Waals surface area contributed by atoms with Crippen LogP contribution in [0.25, 0.3) is 0 Å². The van der Waals surface area contributed by atoms with E-state index in [2.05, 4.69) is 6.92 Å². The molecular weight excluding hydrogens is 247 g/mol. The number of unbranched alkanes of at least 4 members (excludes halogenated alkanes) is 1. The van der Waals surface area contributed by atoms with Crippen LogP contribution in [0.5, 0.6) is 0 Å². The number of ketones is 1. The number of hydrogen-bond donors (Lipinski definition) is 0. The third-order valence-corrected chi connectivity index (χ3v) is 3.54. The van der Waals surface area contributed by atoms with Gasteiger partial charge in [0.15, 0.2) is 5.78 Å². The molecule has 1 fully saturated rings. The maximum absolute atomic E-state index is 11.7. The summed E-state index contributed by atoms with van der Waals surface area (Å²) in [5.41, 5.74) is -0.329. The first-order valence-electron chi connectivity index (χ1n) is 5.80. The Morgan fingerprint density at radius 3 is 2.38 bits per heavy atom. The summed E-state index contributed by atoms with van der Waals surface area (Å²) in [6.45, 7) is 7.92. The van der Waals surface area contributed by atoms with Gasteiger partial charge < -0.3 is 4.74 Å². The van der Waals surface area contributed by atoms with E-state index < -0.39 is 4.33 Å². The molecular formula is C12H20Cl2O2. The maximum atomic E-state index is 11.7. The molecule has 2 nitrogen and oxygen atoms in total. The van der Waals surface area contributed by atoms with Gasteiger partial charge in [-0.15, -0.1) is 0 Å². The molecule has 0 spiro atoms. The molecule has 0 radical (unpaired) electrons. The van der Waals surface area contributed by atoms with Crippen LogP contribution in [0.2, 0.25) is 0 Å². The van der Waals surface area contributed by atoms with Gasteiger partial charge in [-0.05, 0) is 27.2 Å². The summed E-state index contributed by atoms with van der Waals surface area (Å²) in [6, 6.07) is 0. The van der Waals surface area contributed by atoms with Gasteiger partial charge in [0, 0.05) is 0 Å². The van der Waals surface area contributed by atoms with Crippen molar-refractivity contribution in [3.05, 3.63) is 0 Å². The fraction of sp³-hybridized carbons (Fsp3) is 0.917. The third-order valence-electron chi connectivity index (χ3n) is 2.74. The Morgan fingerprint density at radius 1 is 1.38 bits per heavy atom. The quantitative estimate of drug-likeness (QED) is 0.725. The van der Waals surface area contributed by atoms with Crippen molar-refractivity contribution in [3.8, 4) is 0 Å². The van der Waals surface area contributed by atoms with Crippen molar-refractivity contribution in [2.24, 2.45) is 5.92 Å². The summed E-state index contributed by atoms with van der Waals surface area (Å²) < 4.78 is 4.44. The Bertz CT molecular complexity index is 269. The number of hydrogen-bond acceptors (Lipinski definition) is 2. The lowest BCUT2D eigenvalue weighted by atomic mass is 9.75. The number of Topliss-reactive ketones (excluding diaryl/α,β-unsaturated/α-hetero) is 1. The minimum Gasteiger partial charge on any atom is -0.368 e. The molecule has 0 N–H and O–H groups in total. The molecule has 1 aliphatic rings. The summed E-state index contributed by atoms with van der Waals surface area (Å²) in [5.74, 6) is -0.215. The summed E-state index contributed by atoms with van der Waals surface area (Å²) in [5, 5.41) is 0. The van der Waals surface area contributed by atoms with E-state index in [9.17, 15) is 4.79 Å². The Kier molecular flexibility index (Phi) is 4.31. The lowest BCUT2D eigenvalue weighted by Gasteiger charge is -2.47. The van der Waals surface area contributed by atoms with E-state index in [0.29, 0.717) is 0 Å². The van der Waals surface area contributed by atoms with Gasteiger partial charge in [0.25, 0.3) is 0 Å². The molecule has 0 heterocycles. The fourth-order valence-corrected chi connectivity index (χ4v) is 2.60. The van der Waals surface area contributed by atoms with E-state index >= 15 is 0 Å². The standard InChI is InChI=1S/C12H20Cl2O2/c1-5-6-7-8-9(15)12(13,14)10(8)16-11(2,3)4/h8,10H,5-7H2,1-4H3/t8-,10-/m0/s1. The highest BCUT2D eigenvalue weighted by atomic mass is 35.5. The van der Waals surface area contributed by atoms with E-state index in [1.54, 1.807) is 0 Å². The Labute approximate surface area is 108 Å². The van der Waals surface area contributed by atoms with E-state index in [1.165, 1.54) is 0 Å². The minimum absolute atomic E-state index is 0.0847. The first kappa shape index (κ1) is 14.3. The molecule has 16 heavy (non-hydrogen) atoms. The van der Waals surface area contributed by atoms with Crippen LogP contribution in [-0.2, 0) is 9.53 Å². The number of carbonyl (C=O) groups excluding carboxylic acids is 1. The van der Waals surface area contributed by atoms with Crippen molar-refractivity contribution < 1.29 is 9.53 Å². The predicted octanol–water partition coefficient (Wildman–Crippen LogP) is 3.73. The van der Waals surface area contributed by atoms with Crippen molar-refractivity contribution in [2.75, 3.05) is 0 Å². The molecule has 4 heteroatoms. The Hall–Kier alpha value is 0.210. The smallest absolute Gasteiger partial charge is 0.202 e. The maximum Gasteiger partial charge on any atom is 0.202 e. The second-order valence-corrected chi connectivity index (χ2v) is 6.77. The molecule has 0 amide bonds. The van der Waals surface area contributed by atoms with Crippen LogP contribution in [0, 0.1) is 5.92 Å². The van der Waals surface area contributed by atoms with Crippen molar-refractivity contribution in [2.45, 2.75) is 63.0 Å². The molecule has 2 atom stereocenters. The Balaban J connectivity index is 2.66. The van der Waals surface area contributed by atoms with E-state index in [-0.39, 0.29) is 23.4 Å². The fourth-order valence-electron chi connectivity index (χ4n) is 1.92. The second kappa shape index (κ2) is 4.83. The summed E-state index contributed by atoms with van der Waals surface area (Å²) in [6.07, 6.45) is 2.51.